The van der Waals surface area contributed by atoms with Crippen LogP contribution in [0.5, 0.6) is 0 Å². The van der Waals surface area contributed by atoms with Crippen LogP contribution in [0.4, 0.5) is 0 Å². The van der Waals surface area contributed by atoms with Gasteiger partial charge in [-0.15, -0.1) is 0 Å². The molecular formula is C17H26N4O3. The first-order valence-corrected chi connectivity index (χ1v) is 8.48. The van der Waals surface area contributed by atoms with Crippen LogP contribution in [0.25, 0.3) is 0 Å². The summed E-state index contributed by atoms with van der Waals surface area (Å²) in [7, 11) is 0. The van der Waals surface area contributed by atoms with E-state index in [9.17, 15) is 14.4 Å². The number of hydrogen-bond donors (Lipinski definition) is 1. The third-order valence-corrected chi connectivity index (χ3v) is 4.73. The Kier molecular flexibility index (Phi) is 5.47. The van der Waals surface area contributed by atoms with Crippen LogP contribution in [0, 0.1) is 17.2 Å². The predicted octanol–water partition coefficient (Wildman–Crippen LogP) is 0.654. The van der Waals surface area contributed by atoms with Crippen molar-refractivity contribution in [1.29, 1.82) is 5.26 Å². The van der Waals surface area contributed by atoms with Crippen molar-refractivity contribution in [1.82, 2.24) is 15.1 Å². The highest BCUT2D eigenvalue weighted by Gasteiger charge is 2.40. The normalized spacial score (nSPS) is 22.4. The number of nitrogens with zero attached hydrogens (tertiary/aromatic N) is 3. The maximum atomic E-state index is 12.4. The first-order chi connectivity index (χ1) is 11.2. The van der Waals surface area contributed by atoms with E-state index in [2.05, 4.69) is 5.32 Å². The Labute approximate surface area is 143 Å². The number of likely N-dealkylation sites (tertiary alicyclic amines) is 2. The zero-order valence-electron chi connectivity index (χ0n) is 14.7. The van der Waals surface area contributed by atoms with Crippen LogP contribution < -0.4 is 5.32 Å². The standard InChI is InChI=1S/C17H26N4O3/c1-17(2,3)21-11-12(10-15(21)23)16(24)19-13-5-8-20(9-6-13)14(22)4-7-18/h12-13H,4-6,8-11H2,1-3H3,(H,19,24). The summed E-state index contributed by atoms with van der Waals surface area (Å²) in [5, 5.41) is 11.6. The summed E-state index contributed by atoms with van der Waals surface area (Å²) in [6.45, 7) is 7.50. The highest BCUT2D eigenvalue weighted by Crippen LogP contribution is 2.26. The smallest absolute Gasteiger partial charge is 0.236 e. The van der Waals surface area contributed by atoms with Gasteiger partial charge in [-0.1, -0.05) is 0 Å². The second-order valence-corrected chi connectivity index (χ2v) is 7.57. The fourth-order valence-electron chi connectivity index (χ4n) is 3.30. The van der Waals surface area contributed by atoms with Crippen molar-refractivity contribution in [3.8, 4) is 6.07 Å². The lowest BCUT2D eigenvalue weighted by Crippen LogP contribution is -2.48. The summed E-state index contributed by atoms with van der Waals surface area (Å²) < 4.78 is 0. The Balaban J connectivity index is 1.81. The van der Waals surface area contributed by atoms with Crippen molar-refractivity contribution in [2.75, 3.05) is 19.6 Å². The third-order valence-electron chi connectivity index (χ3n) is 4.73. The molecule has 0 bridgehead atoms. The molecule has 2 aliphatic heterocycles. The molecule has 1 unspecified atom stereocenters. The van der Waals surface area contributed by atoms with E-state index in [1.165, 1.54) is 0 Å². The second-order valence-electron chi connectivity index (χ2n) is 7.57. The molecule has 1 N–H and O–H groups in total. The van der Waals surface area contributed by atoms with Crippen LogP contribution in [-0.2, 0) is 14.4 Å². The predicted molar refractivity (Wildman–Crippen MR) is 87.5 cm³/mol. The van der Waals surface area contributed by atoms with Crippen LogP contribution in [0.2, 0.25) is 0 Å². The summed E-state index contributed by atoms with van der Waals surface area (Å²) in [6, 6.07) is 1.90. The van der Waals surface area contributed by atoms with Gasteiger partial charge in [0.05, 0.1) is 12.0 Å². The number of carbonyl (C=O) groups is 3. The summed E-state index contributed by atoms with van der Waals surface area (Å²) >= 11 is 0. The number of nitriles is 1. The summed E-state index contributed by atoms with van der Waals surface area (Å²) in [6.07, 6.45) is 1.55. The summed E-state index contributed by atoms with van der Waals surface area (Å²) in [4.78, 5) is 39.6. The molecule has 7 heteroatoms. The molecule has 2 fully saturated rings. The largest absolute Gasteiger partial charge is 0.353 e. The molecule has 132 valence electrons. The summed E-state index contributed by atoms with van der Waals surface area (Å²) in [5.74, 6) is -0.490. The van der Waals surface area contributed by atoms with Gasteiger partial charge in [-0.05, 0) is 33.6 Å². The van der Waals surface area contributed by atoms with E-state index < -0.39 is 0 Å². The molecule has 0 radical (unpaired) electrons. The molecule has 7 nitrogen and oxygen atoms in total. The maximum absolute atomic E-state index is 12.4. The Bertz CT molecular complexity index is 553. The molecule has 0 aromatic carbocycles. The average Bonchev–Trinajstić information content (AvgIpc) is 2.90. The van der Waals surface area contributed by atoms with Crippen molar-refractivity contribution in [3.63, 3.8) is 0 Å². The zero-order valence-corrected chi connectivity index (χ0v) is 14.7. The molecule has 2 aliphatic rings. The van der Waals surface area contributed by atoms with E-state index in [-0.39, 0.29) is 48.1 Å². The van der Waals surface area contributed by atoms with E-state index in [4.69, 9.17) is 5.26 Å². The molecule has 2 rings (SSSR count). The lowest BCUT2D eigenvalue weighted by Gasteiger charge is -2.33. The minimum atomic E-state index is -0.296. The van der Waals surface area contributed by atoms with Gasteiger partial charge >= 0.3 is 0 Å². The van der Waals surface area contributed by atoms with Gasteiger partial charge in [0, 0.05) is 37.6 Å². The first-order valence-electron chi connectivity index (χ1n) is 8.48. The maximum Gasteiger partial charge on any atom is 0.236 e. The van der Waals surface area contributed by atoms with E-state index in [0.29, 0.717) is 32.5 Å². The molecule has 0 spiro atoms. The van der Waals surface area contributed by atoms with Gasteiger partial charge in [-0.25, -0.2) is 0 Å². The third kappa shape index (κ3) is 4.25. The first kappa shape index (κ1) is 18.2. The van der Waals surface area contributed by atoms with Gasteiger partial charge in [0.1, 0.15) is 6.42 Å². The molecule has 0 aliphatic carbocycles. The molecule has 24 heavy (non-hydrogen) atoms. The second kappa shape index (κ2) is 7.20. The number of amides is 3. The number of hydrogen-bond acceptors (Lipinski definition) is 4. The summed E-state index contributed by atoms with van der Waals surface area (Å²) in [5.41, 5.74) is -0.265. The molecule has 0 saturated carbocycles. The van der Waals surface area contributed by atoms with Gasteiger partial charge in [0.2, 0.25) is 17.7 Å². The van der Waals surface area contributed by atoms with Crippen molar-refractivity contribution in [3.05, 3.63) is 0 Å². The van der Waals surface area contributed by atoms with Gasteiger partial charge in [-0.2, -0.15) is 5.26 Å². The lowest BCUT2D eigenvalue weighted by atomic mass is 10.0. The molecule has 3 amide bonds. The Morgan fingerprint density at radius 2 is 1.92 bits per heavy atom. The van der Waals surface area contributed by atoms with Crippen molar-refractivity contribution >= 4 is 17.7 Å². The van der Waals surface area contributed by atoms with E-state index in [0.717, 1.165) is 0 Å². The van der Waals surface area contributed by atoms with Crippen molar-refractivity contribution < 1.29 is 14.4 Å². The number of nitrogens with one attached hydrogen (secondary N) is 1. The topological polar surface area (TPSA) is 93.5 Å². The number of carbonyl (C=O) groups excluding carboxylic acids is 3. The van der Waals surface area contributed by atoms with Crippen LogP contribution in [0.1, 0.15) is 46.5 Å². The van der Waals surface area contributed by atoms with E-state index in [1.54, 1.807) is 9.80 Å². The zero-order chi connectivity index (χ0) is 17.9. The Hall–Kier alpha value is -2.10. The van der Waals surface area contributed by atoms with Crippen molar-refractivity contribution in [2.24, 2.45) is 5.92 Å². The molecule has 2 saturated heterocycles. The lowest BCUT2D eigenvalue weighted by molar-refractivity contribution is -0.133. The van der Waals surface area contributed by atoms with E-state index >= 15 is 0 Å². The highest BCUT2D eigenvalue weighted by atomic mass is 16.2. The van der Waals surface area contributed by atoms with Crippen molar-refractivity contribution in [2.45, 2.75) is 58.0 Å². The Morgan fingerprint density at radius 3 is 2.42 bits per heavy atom. The fraction of sp³-hybridized carbons (Fsp3) is 0.765. The molecule has 0 aromatic heterocycles. The van der Waals surface area contributed by atoms with E-state index in [1.807, 2.05) is 26.8 Å². The van der Waals surface area contributed by atoms with Gasteiger partial charge in [0.25, 0.3) is 0 Å². The van der Waals surface area contributed by atoms with Gasteiger partial charge in [0.15, 0.2) is 0 Å². The quantitative estimate of drug-likeness (QED) is 0.820. The minimum Gasteiger partial charge on any atom is -0.353 e. The molecule has 1 atom stereocenters. The molecule has 0 aromatic rings. The number of piperidine rings is 1. The van der Waals surface area contributed by atoms with Crippen LogP contribution in [-0.4, -0.2) is 58.7 Å². The monoisotopic (exact) mass is 334 g/mol. The minimum absolute atomic E-state index is 0.0274. The molecular weight excluding hydrogens is 308 g/mol. The van der Waals surface area contributed by atoms with Gasteiger partial charge in [-0.3, -0.25) is 14.4 Å². The molecule has 2 heterocycles. The highest BCUT2D eigenvalue weighted by molar-refractivity contribution is 5.89. The van der Waals surface area contributed by atoms with Crippen LogP contribution in [0.3, 0.4) is 0 Å². The van der Waals surface area contributed by atoms with Crippen LogP contribution >= 0.6 is 0 Å². The SMILES string of the molecule is CC(C)(C)N1CC(C(=O)NC2CCN(C(=O)CC#N)CC2)CC1=O. The fourth-order valence-corrected chi connectivity index (χ4v) is 3.30. The Morgan fingerprint density at radius 1 is 1.29 bits per heavy atom. The van der Waals surface area contributed by atoms with Crippen LogP contribution in [0.15, 0.2) is 0 Å². The number of rotatable bonds is 3. The average molecular weight is 334 g/mol. The van der Waals surface area contributed by atoms with Gasteiger partial charge < -0.3 is 15.1 Å².